The normalized spacial score (nSPS) is 14.8. The van der Waals surface area contributed by atoms with Crippen LogP contribution in [0.5, 0.6) is 0 Å². The molecule has 2 N–H and O–H groups in total. The molecule has 134 valence electrons. The predicted molar refractivity (Wildman–Crippen MR) is 96.1 cm³/mol. The lowest BCUT2D eigenvalue weighted by Crippen LogP contribution is -2.50. The van der Waals surface area contributed by atoms with Gasteiger partial charge in [-0.25, -0.2) is 4.79 Å². The van der Waals surface area contributed by atoms with Crippen LogP contribution in [-0.2, 0) is 7.05 Å². The number of hydrogen-bond donors (Lipinski definition) is 2. The van der Waals surface area contributed by atoms with Crippen molar-refractivity contribution >= 4 is 22.8 Å². The van der Waals surface area contributed by atoms with E-state index in [0.29, 0.717) is 48.3 Å². The highest BCUT2D eigenvalue weighted by atomic mass is 16.2. The molecule has 0 atom stereocenters. The smallest absolute Gasteiger partial charge is 0.323 e. The van der Waals surface area contributed by atoms with Crippen LogP contribution in [0.2, 0.25) is 0 Å². The third-order valence-corrected chi connectivity index (χ3v) is 4.70. The SMILES string of the molecule is Cn1ccc(C(=O)N2CCN(C(=O)c3ccc4[nH]c(=O)[nH]c4c3)CC2)c1. The lowest BCUT2D eigenvalue weighted by Gasteiger charge is -2.34. The number of nitrogens with one attached hydrogen (secondary N) is 2. The molecule has 0 radical (unpaired) electrons. The van der Waals surface area contributed by atoms with Crippen molar-refractivity contribution in [1.82, 2.24) is 24.3 Å². The Bertz CT molecular complexity index is 1040. The Morgan fingerprint density at radius 1 is 0.885 bits per heavy atom. The predicted octanol–water partition coefficient (Wildman–Crippen LogP) is 0.793. The molecule has 1 aromatic carbocycles. The van der Waals surface area contributed by atoms with Gasteiger partial charge in [0.2, 0.25) is 0 Å². The first-order valence-corrected chi connectivity index (χ1v) is 8.44. The maximum atomic E-state index is 12.7. The summed E-state index contributed by atoms with van der Waals surface area (Å²) in [4.78, 5) is 45.4. The van der Waals surface area contributed by atoms with E-state index >= 15 is 0 Å². The van der Waals surface area contributed by atoms with Crippen LogP contribution in [-0.4, -0.2) is 62.3 Å². The van der Waals surface area contributed by atoms with Gasteiger partial charge in [0, 0.05) is 51.2 Å². The summed E-state index contributed by atoms with van der Waals surface area (Å²) in [5.74, 6) is -0.107. The van der Waals surface area contributed by atoms with Crippen molar-refractivity contribution < 1.29 is 9.59 Å². The van der Waals surface area contributed by atoms with E-state index in [1.165, 1.54) is 0 Å². The number of aryl methyl sites for hydroxylation is 1. The lowest BCUT2D eigenvalue weighted by atomic mass is 10.1. The number of fused-ring (bicyclic) bond motifs is 1. The van der Waals surface area contributed by atoms with Gasteiger partial charge < -0.3 is 24.3 Å². The Balaban J connectivity index is 1.44. The van der Waals surface area contributed by atoms with Crippen LogP contribution in [0.25, 0.3) is 11.0 Å². The van der Waals surface area contributed by atoms with Crippen molar-refractivity contribution in [3.63, 3.8) is 0 Å². The molecule has 0 aliphatic carbocycles. The van der Waals surface area contributed by atoms with Crippen LogP contribution in [0.1, 0.15) is 20.7 Å². The summed E-state index contributed by atoms with van der Waals surface area (Å²) in [5.41, 5.74) is 2.17. The summed E-state index contributed by atoms with van der Waals surface area (Å²) < 4.78 is 1.84. The molecule has 26 heavy (non-hydrogen) atoms. The number of rotatable bonds is 2. The molecule has 8 heteroatoms. The van der Waals surface area contributed by atoms with E-state index in [1.54, 1.807) is 40.3 Å². The van der Waals surface area contributed by atoms with Gasteiger partial charge in [0.15, 0.2) is 0 Å². The van der Waals surface area contributed by atoms with Crippen LogP contribution in [0.15, 0.2) is 41.5 Å². The topological polar surface area (TPSA) is 94.2 Å². The molecule has 1 saturated heterocycles. The molecule has 4 rings (SSSR count). The van der Waals surface area contributed by atoms with Gasteiger partial charge in [-0.05, 0) is 24.3 Å². The zero-order valence-corrected chi connectivity index (χ0v) is 14.4. The van der Waals surface area contributed by atoms with Crippen LogP contribution in [0, 0.1) is 0 Å². The number of aromatic amines is 2. The van der Waals surface area contributed by atoms with E-state index < -0.39 is 0 Å². The molecule has 8 nitrogen and oxygen atoms in total. The maximum absolute atomic E-state index is 12.7. The van der Waals surface area contributed by atoms with Gasteiger partial charge >= 0.3 is 5.69 Å². The van der Waals surface area contributed by atoms with Gasteiger partial charge in [0.1, 0.15) is 0 Å². The van der Waals surface area contributed by atoms with Crippen LogP contribution in [0.3, 0.4) is 0 Å². The van der Waals surface area contributed by atoms with E-state index in [4.69, 9.17) is 0 Å². The van der Waals surface area contributed by atoms with E-state index in [0.717, 1.165) is 0 Å². The Morgan fingerprint density at radius 2 is 1.50 bits per heavy atom. The van der Waals surface area contributed by atoms with E-state index in [9.17, 15) is 14.4 Å². The van der Waals surface area contributed by atoms with Crippen LogP contribution < -0.4 is 5.69 Å². The minimum absolute atomic E-state index is 0.0102. The molecule has 3 heterocycles. The standard InChI is InChI=1S/C18H19N5O3/c1-21-5-4-13(11-21)17(25)23-8-6-22(7-9-23)16(24)12-2-3-14-15(10-12)20-18(26)19-14/h2-5,10-11H,6-9H2,1H3,(H2,19,20,26). The van der Waals surface area contributed by atoms with Crippen molar-refractivity contribution in [2.75, 3.05) is 26.2 Å². The minimum Gasteiger partial charge on any atom is -0.356 e. The third kappa shape index (κ3) is 2.90. The number of benzene rings is 1. The highest BCUT2D eigenvalue weighted by molar-refractivity contribution is 5.98. The summed E-state index contributed by atoms with van der Waals surface area (Å²) in [7, 11) is 1.88. The molecule has 1 fully saturated rings. The first kappa shape index (κ1) is 16.2. The minimum atomic E-state index is -0.294. The summed E-state index contributed by atoms with van der Waals surface area (Å²) in [5, 5.41) is 0. The summed E-state index contributed by atoms with van der Waals surface area (Å²) in [6, 6.07) is 6.90. The number of piperazine rings is 1. The Hall–Kier alpha value is -3.29. The zero-order valence-electron chi connectivity index (χ0n) is 14.4. The fraction of sp³-hybridized carbons (Fsp3) is 0.278. The monoisotopic (exact) mass is 353 g/mol. The first-order chi connectivity index (χ1) is 12.5. The number of imidazole rings is 1. The van der Waals surface area contributed by atoms with Crippen molar-refractivity contribution in [3.05, 3.63) is 58.3 Å². The summed E-state index contributed by atoms with van der Waals surface area (Å²) >= 11 is 0. The van der Waals surface area contributed by atoms with Crippen LogP contribution in [0.4, 0.5) is 0 Å². The number of nitrogens with zero attached hydrogens (tertiary/aromatic N) is 3. The van der Waals surface area contributed by atoms with Crippen molar-refractivity contribution in [2.45, 2.75) is 0 Å². The number of carbonyl (C=O) groups excluding carboxylic acids is 2. The van der Waals surface area contributed by atoms with E-state index in [-0.39, 0.29) is 17.5 Å². The molecular weight excluding hydrogens is 334 g/mol. The quantitative estimate of drug-likeness (QED) is 0.713. The summed E-state index contributed by atoms with van der Waals surface area (Å²) in [6.45, 7) is 1.98. The Kier molecular flexibility index (Phi) is 3.87. The van der Waals surface area contributed by atoms with E-state index in [2.05, 4.69) is 9.97 Å². The largest absolute Gasteiger partial charge is 0.356 e. The molecule has 2 amide bonds. The second-order valence-corrected chi connectivity index (χ2v) is 6.49. The highest BCUT2D eigenvalue weighted by Gasteiger charge is 2.26. The lowest BCUT2D eigenvalue weighted by molar-refractivity contribution is 0.0535. The second kappa shape index (κ2) is 6.21. The molecule has 2 aromatic heterocycles. The van der Waals surface area contributed by atoms with Crippen molar-refractivity contribution in [2.24, 2.45) is 7.05 Å². The van der Waals surface area contributed by atoms with Gasteiger partial charge in [-0.3, -0.25) is 9.59 Å². The fourth-order valence-corrected chi connectivity index (χ4v) is 3.27. The highest BCUT2D eigenvalue weighted by Crippen LogP contribution is 2.15. The average Bonchev–Trinajstić information content (AvgIpc) is 3.24. The number of hydrogen-bond acceptors (Lipinski definition) is 3. The molecule has 0 bridgehead atoms. The Morgan fingerprint density at radius 3 is 2.12 bits per heavy atom. The molecule has 0 saturated carbocycles. The second-order valence-electron chi connectivity index (χ2n) is 6.49. The number of aromatic nitrogens is 3. The van der Waals surface area contributed by atoms with Gasteiger partial charge in [0.25, 0.3) is 11.8 Å². The molecule has 3 aromatic rings. The first-order valence-electron chi connectivity index (χ1n) is 8.44. The number of H-pyrrole nitrogens is 2. The number of amides is 2. The number of carbonyl (C=O) groups is 2. The van der Waals surface area contributed by atoms with Crippen molar-refractivity contribution in [3.8, 4) is 0 Å². The van der Waals surface area contributed by atoms with Gasteiger partial charge in [-0.1, -0.05) is 0 Å². The van der Waals surface area contributed by atoms with Crippen molar-refractivity contribution in [1.29, 1.82) is 0 Å². The third-order valence-electron chi connectivity index (χ3n) is 4.70. The summed E-state index contributed by atoms with van der Waals surface area (Å²) in [6.07, 6.45) is 3.64. The molecule has 0 spiro atoms. The Labute approximate surface area is 149 Å². The molecule has 1 aliphatic heterocycles. The molecular formula is C18H19N5O3. The average molecular weight is 353 g/mol. The maximum Gasteiger partial charge on any atom is 0.323 e. The van der Waals surface area contributed by atoms with Gasteiger partial charge in [-0.15, -0.1) is 0 Å². The van der Waals surface area contributed by atoms with Gasteiger partial charge in [-0.2, -0.15) is 0 Å². The van der Waals surface area contributed by atoms with Gasteiger partial charge in [0.05, 0.1) is 16.6 Å². The fourth-order valence-electron chi connectivity index (χ4n) is 3.27. The van der Waals surface area contributed by atoms with E-state index in [1.807, 2.05) is 17.8 Å². The molecule has 0 unspecified atom stereocenters. The zero-order chi connectivity index (χ0) is 18.3. The molecule has 1 aliphatic rings. The van der Waals surface area contributed by atoms with Crippen LogP contribution >= 0.6 is 0 Å².